The molecule has 0 heterocycles. The van der Waals surface area contributed by atoms with E-state index in [1.165, 1.54) is 93.7 Å². The van der Waals surface area contributed by atoms with E-state index in [1.807, 2.05) is 6.92 Å². The Balaban J connectivity index is 2.61. The highest BCUT2D eigenvalue weighted by Gasteiger charge is 2.04. The molecule has 0 aliphatic carbocycles. The number of carbonyl (C=O) groups is 1. The lowest BCUT2D eigenvalue weighted by Gasteiger charge is -2.11. The Labute approximate surface area is 168 Å². The summed E-state index contributed by atoms with van der Waals surface area (Å²) >= 11 is 0. The van der Waals surface area contributed by atoms with Crippen LogP contribution in [-0.2, 0) is 17.6 Å². The molecule has 1 nitrogen and oxygen atoms in total. The summed E-state index contributed by atoms with van der Waals surface area (Å²) in [5, 5.41) is 0. The zero-order valence-electron chi connectivity index (χ0n) is 18.2. The minimum Gasteiger partial charge on any atom is -0.299 e. The second-order valence-electron chi connectivity index (χ2n) is 8.06. The van der Waals surface area contributed by atoms with Crippen molar-refractivity contribution in [1.29, 1.82) is 0 Å². The highest BCUT2D eigenvalue weighted by molar-refractivity contribution is 5.80. The number of unbranched alkanes of at least 4 members (excludes halogenated alkanes) is 10. The maximum atomic E-state index is 10.9. The van der Waals surface area contributed by atoms with Crippen LogP contribution in [0.15, 0.2) is 24.3 Å². The number of aryl methyl sites for hydroxylation is 2. The smallest absolute Gasteiger partial charge is 0.143 e. The molecule has 0 aromatic heterocycles. The molecule has 1 rings (SSSR count). The Kier molecular flexibility index (Phi) is 13.7. The van der Waals surface area contributed by atoms with E-state index in [0.717, 1.165) is 24.7 Å². The van der Waals surface area contributed by atoms with Crippen molar-refractivity contribution in [2.75, 3.05) is 0 Å². The van der Waals surface area contributed by atoms with Crippen molar-refractivity contribution in [2.45, 2.75) is 111 Å². The molecule has 1 aromatic carbocycles. The Bertz CT molecular complexity index is 507. The van der Waals surface area contributed by atoms with Crippen molar-refractivity contribution in [3.05, 3.63) is 41.0 Å². The number of hydrogen-bond donors (Lipinski definition) is 0. The van der Waals surface area contributed by atoms with E-state index in [9.17, 15) is 4.79 Å². The van der Waals surface area contributed by atoms with E-state index >= 15 is 0 Å². The van der Waals surface area contributed by atoms with Gasteiger partial charge in [-0.3, -0.25) is 4.79 Å². The van der Waals surface area contributed by atoms with E-state index in [-0.39, 0.29) is 0 Å². The fourth-order valence-electron chi connectivity index (χ4n) is 3.70. The van der Waals surface area contributed by atoms with Gasteiger partial charge in [-0.2, -0.15) is 0 Å². The molecule has 0 radical (unpaired) electrons. The van der Waals surface area contributed by atoms with Crippen LogP contribution in [0.1, 0.15) is 115 Å². The van der Waals surface area contributed by atoms with Gasteiger partial charge < -0.3 is 0 Å². The highest BCUT2D eigenvalue weighted by atomic mass is 16.1. The minimum atomic E-state index is 0.906. The third-order valence-electron chi connectivity index (χ3n) is 5.46. The van der Waals surface area contributed by atoms with Crippen LogP contribution in [-0.4, -0.2) is 6.29 Å². The summed E-state index contributed by atoms with van der Waals surface area (Å²) in [5.74, 6) is 0. The second-order valence-corrected chi connectivity index (χ2v) is 8.06. The summed E-state index contributed by atoms with van der Waals surface area (Å²) in [7, 11) is 0. The number of allylic oxidation sites excluding steroid dienone is 2. The molecule has 0 fully saturated rings. The molecule has 152 valence electrons. The molecule has 1 heteroatoms. The molecule has 0 N–H and O–H groups in total. The summed E-state index contributed by atoms with van der Waals surface area (Å²) in [5.41, 5.74) is 5.20. The van der Waals surface area contributed by atoms with Gasteiger partial charge in [0.1, 0.15) is 6.29 Å². The van der Waals surface area contributed by atoms with E-state index in [2.05, 4.69) is 32.0 Å². The molecule has 1 aromatic rings. The average Bonchev–Trinajstić information content (AvgIpc) is 2.67. The maximum Gasteiger partial charge on any atom is 0.143 e. The van der Waals surface area contributed by atoms with Crippen LogP contribution >= 0.6 is 0 Å². The Morgan fingerprint density at radius 3 is 1.59 bits per heavy atom. The predicted molar refractivity (Wildman–Crippen MR) is 120 cm³/mol. The third kappa shape index (κ3) is 11.2. The van der Waals surface area contributed by atoms with E-state index in [1.54, 1.807) is 6.08 Å². The zero-order valence-corrected chi connectivity index (χ0v) is 18.2. The summed E-state index contributed by atoms with van der Waals surface area (Å²) in [4.78, 5) is 10.9. The summed E-state index contributed by atoms with van der Waals surface area (Å²) in [6.45, 7) is 6.59. The molecule has 0 amide bonds. The maximum absolute atomic E-state index is 10.9. The van der Waals surface area contributed by atoms with Gasteiger partial charge in [-0.15, -0.1) is 0 Å². The van der Waals surface area contributed by atoms with Crippen molar-refractivity contribution in [2.24, 2.45) is 0 Å². The van der Waals surface area contributed by atoms with E-state index in [0.29, 0.717) is 0 Å². The zero-order chi connectivity index (χ0) is 19.7. The van der Waals surface area contributed by atoms with Gasteiger partial charge in [-0.25, -0.2) is 0 Å². The molecule has 0 spiro atoms. The Morgan fingerprint density at radius 2 is 1.15 bits per heavy atom. The van der Waals surface area contributed by atoms with E-state index in [4.69, 9.17) is 0 Å². The molecule has 0 bridgehead atoms. The number of hydrogen-bond acceptors (Lipinski definition) is 1. The van der Waals surface area contributed by atoms with Crippen LogP contribution in [0, 0.1) is 0 Å². The lowest BCUT2D eigenvalue weighted by atomic mass is 9.95. The van der Waals surface area contributed by atoms with Crippen LogP contribution in [0.25, 0.3) is 5.57 Å². The lowest BCUT2D eigenvalue weighted by molar-refractivity contribution is -0.104. The van der Waals surface area contributed by atoms with Crippen molar-refractivity contribution in [3.63, 3.8) is 0 Å². The SMILES string of the molecule is CCCCCCCCc1cc(CCCCCCCC)cc(C(C)=CC=O)c1. The molecular formula is C26H42O. The van der Waals surface area contributed by atoms with Gasteiger partial charge in [-0.1, -0.05) is 96.3 Å². The Hall–Kier alpha value is -1.37. The van der Waals surface area contributed by atoms with Gasteiger partial charge in [0.05, 0.1) is 0 Å². The quantitative estimate of drug-likeness (QED) is 0.163. The average molecular weight is 371 g/mol. The molecule has 0 unspecified atom stereocenters. The van der Waals surface area contributed by atoms with Crippen molar-refractivity contribution >= 4 is 11.9 Å². The van der Waals surface area contributed by atoms with Gasteiger partial charge >= 0.3 is 0 Å². The molecule has 0 aliphatic heterocycles. The van der Waals surface area contributed by atoms with Crippen molar-refractivity contribution in [1.82, 2.24) is 0 Å². The minimum absolute atomic E-state index is 0.906. The molecule has 0 atom stereocenters. The molecule has 0 saturated heterocycles. The third-order valence-corrected chi connectivity index (χ3v) is 5.46. The molecule has 0 aliphatic rings. The standard InChI is InChI=1S/C26H42O/c1-4-6-8-10-12-14-16-24-20-25(17-15-13-11-9-7-5-2)22-26(21-24)23(3)18-19-27/h18-22H,4-17H2,1-3H3. The first-order valence-corrected chi connectivity index (χ1v) is 11.5. The number of benzene rings is 1. The first kappa shape index (κ1) is 23.7. The van der Waals surface area contributed by atoms with Gasteiger partial charge in [0.15, 0.2) is 0 Å². The van der Waals surface area contributed by atoms with Crippen LogP contribution in [0.5, 0.6) is 0 Å². The molecular weight excluding hydrogens is 328 g/mol. The summed E-state index contributed by atoms with van der Waals surface area (Å²) in [6, 6.07) is 7.01. The fourth-order valence-corrected chi connectivity index (χ4v) is 3.70. The predicted octanol–water partition coefficient (Wildman–Crippen LogP) is 8.09. The second kappa shape index (κ2) is 15.7. The van der Waals surface area contributed by atoms with Crippen LogP contribution in [0.2, 0.25) is 0 Å². The number of aldehydes is 1. The van der Waals surface area contributed by atoms with E-state index < -0.39 is 0 Å². The molecule has 27 heavy (non-hydrogen) atoms. The van der Waals surface area contributed by atoms with Crippen molar-refractivity contribution < 1.29 is 4.79 Å². The Morgan fingerprint density at radius 1 is 0.704 bits per heavy atom. The van der Waals surface area contributed by atoms with Crippen LogP contribution < -0.4 is 0 Å². The fraction of sp³-hybridized carbons (Fsp3) is 0.654. The van der Waals surface area contributed by atoms with Gasteiger partial charge in [-0.05, 0) is 60.9 Å². The van der Waals surface area contributed by atoms with Gasteiger partial charge in [0.25, 0.3) is 0 Å². The number of carbonyl (C=O) groups excluding carboxylic acids is 1. The highest BCUT2D eigenvalue weighted by Crippen LogP contribution is 2.21. The van der Waals surface area contributed by atoms with Gasteiger partial charge in [0.2, 0.25) is 0 Å². The largest absolute Gasteiger partial charge is 0.299 e. The number of rotatable bonds is 16. The normalized spacial score (nSPS) is 11.7. The monoisotopic (exact) mass is 370 g/mol. The topological polar surface area (TPSA) is 17.1 Å². The first-order chi connectivity index (χ1) is 13.2. The lowest BCUT2D eigenvalue weighted by Crippen LogP contribution is -1.95. The first-order valence-electron chi connectivity index (χ1n) is 11.5. The van der Waals surface area contributed by atoms with Gasteiger partial charge in [0, 0.05) is 0 Å². The summed E-state index contributed by atoms with van der Waals surface area (Å²) < 4.78 is 0. The van der Waals surface area contributed by atoms with Crippen LogP contribution in [0.4, 0.5) is 0 Å². The summed E-state index contributed by atoms with van der Waals surface area (Å²) in [6.07, 6.45) is 21.0. The van der Waals surface area contributed by atoms with Crippen LogP contribution in [0.3, 0.4) is 0 Å². The molecule has 0 saturated carbocycles. The van der Waals surface area contributed by atoms with Crippen molar-refractivity contribution in [3.8, 4) is 0 Å².